The highest BCUT2D eigenvalue weighted by Crippen LogP contribution is 2.19. The fourth-order valence-electron chi connectivity index (χ4n) is 0.627. The van der Waals surface area contributed by atoms with Gasteiger partial charge in [-0.05, 0) is 18.0 Å². The van der Waals surface area contributed by atoms with E-state index in [1.807, 2.05) is 0 Å². The van der Waals surface area contributed by atoms with E-state index >= 15 is 0 Å². The van der Waals surface area contributed by atoms with Crippen LogP contribution in [0.3, 0.4) is 0 Å². The summed E-state index contributed by atoms with van der Waals surface area (Å²) >= 11 is 2.97. The average molecular weight is 205 g/mol. The smallest absolute Gasteiger partial charge is 0.169 e. The lowest BCUT2D eigenvalue weighted by Crippen LogP contribution is -2.19. The molecule has 0 aliphatic heterocycles. The van der Waals surface area contributed by atoms with Crippen molar-refractivity contribution in [3.8, 4) is 0 Å². The van der Waals surface area contributed by atoms with Gasteiger partial charge in [0.25, 0.3) is 0 Å². The molecule has 68 valence electrons. The fourth-order valence-corrected chi connectivity index (χ4v) is 2.18. The minimum absolute atomic E-state index is 0.330. The quantitative estimate of drug-likeness (QED) is 0.678. The van der Waals surface area contributed by atoms with Crippen LogP contribution >= 0.6 is 23.3 Å². The van der Waals surface area contributed by atoms with Crippen LogP contribution in [0.15, 0.2) is 10.7 Å². The van der Waals surface area contributed by atoms with Crippen molar-refractivity contribution in [2.24, 2.45) is 5.73 Å². The van der Waals surface area contributed by atoms with E-state index in [4.69, 9.17) is 10.8 Å². The van der Waals surface area contributed by atoms with Crippen LogP contribution in [-0.2, 0) is 0 Å². The molecule has 1 rings (SSSR count). The van der Waals surface area contributed by atoms with Crippen LogP contribution in [0.4, 0.5) is 0 Å². The minimum Gasteiger partial charge on any atom is -0.392 e. The maximum atomic E-state index is 9.12. The molecule has 0 fully saturated rings. The zero-order valence-corrected chi connectivity index (χ0v) is 8.14. The third-order valence-electron chi connectivity index (χ3n) is 1.29. The number of aromatic nitrogens is 2. The predicted octanol–water partition coefficient (Wildman–Crippen LogP) is 0.340. The number of nitrogens with two attached hydrogens (primary N) is 1. The molecule has 0 aromatic carbocycles. The Balaban J connectivity index is 2.11. The Morgan fingerprint density at radius 1 is 1.75 bits per heavy atom. The monoisotopic (exact) mass is 205 g/mol. The first-order valence-corrected chi connectivity index (χ1v) is 5.36. The van der Waals surface area contributed by atoms with Crippen LogP contribution in [0.5, 0.6) is 0 Å². The molecular formula is C6H11N3OS2. The van der Waals surface area contributed by atoms with Gasteiger partial charge in [-0.25, -0.2) is 4.98 Å². The van der Waals surface area contributed by atoms with Gasteiger partial charge in [-0.15, -0.1) is 0 Å². The van der Waals surface area contributed by atoms with Gasteiger partial charge in [-0.3, -0.25) is 0 Å². The summed E-state index contributed by atoms with van der Waals surface area (Å²) in [6.45, 7) is 0.330. The first-order valence-electron chi connectivity index (χ1n) is 3.60. The molecule has 0 amide bonds. The van der Waals surface area contributed by atoms with Gasteiger partial charge in [-0.1, -0.05) is 11.8 Å². The first kappa shape index (κ1) is 9.91. The number of hydrogen-bond donors (Lipinski definition) is 2. The average Bonchev–Trinajstić information content (AvgIpc) is 2.57. The lowest BCUT2D eigenvalue weighted by molar-refractivity contribution is 0.180. The zero-order chi connectivity index (χ0) is 8.81. The molecule has 0 saturated heterocycles. The molecule has 1 unspecified atom stereocenters. The molecule has 0 aliphatic rings. The third kappa shape index (κ3) is 3.48. The summed E-state index contributed by atoms with van der Waals surface area (Å²) in [4.78, 5) is 4.00. The van der Waals surface area contributed by atoms with Crippen molar-refractivity contribution in [1.82, 2.24) is 9.36 Å². The molecule has 0 saturated carbocycles. The molecule has 1 aromatic heterocycles. The van der Waals surface area contributed by atoms with Crippen LogP contribution in [0.25, 0.3) is 0 Å². The molecule has 1 heterocycles. The van der Waals surface area contributed by atoms with E-state index in [0.29, 0.717) is 13.0 Å². The van der Waals surface area contributed by atoms with E-state index in [2.05, 4.69) is 9.36 Å². The van der Waals surface area contributed by atoms with Gasteiger partial charge in [0, 0.05) is 12.3 Å². The predicted molar refractivity (Wildman–Crippen MR) is 50.3 cm³/mol. The Labute approximate surface area is 79.4 Å². The maximum absolute atomic E-state index is 9.12. The highest BCUT2D eigenvalue weighted by atomic mass is 32.2. The van der Waals surface area contributed by atoms with Crippen molar-refractivity contribution in [3.05, 3.63) is 6.33 Å². The summed E-state index contributed by atoms with van der Waals surface area (Å²) in [5.41, 5.74) is 5.25. The topological polar surface area (TPSA) is 72.0 Å². The summed E-state index contributed by atoms with van der Waals surface area (Å²) in [7, 11) is 0. The summed E-state index contributed by atoms with van der Waals surface area (Å²) in [6, 6.07) is 0. The van der Waals surface area contributed by atoms with Gasteiger partial charge in [0.1, 0.15) is 6.33 Å². The lowest BCUT2D eigenvalue weighted by Gasteiger charge is -2.04. The summed E-state index contributed by atoms with van der Waals surface area (Å²) in [6.07, 6.45) is 1.86. The van der Waals surface area contributed by atoms with Crippen LogP contribution in [0.2, 0.25) is 0 Å². The number of hydrogen-bond acceptors (Lipinski definition) is 6. The number of thioether (sulfide) groups is 1. The first-order chi connectivity index (χ1) is 5.83. The number of rotatable bonds is 5. The number of nitrogens with zero attached hydrogens (tertiary/aromatic N) is 2. The molecular weight excluding hydrogens is 194 g/mol. The summed E-state index contributed by atoms with van der Waals surface area (Å²) < 4.78 is 4.81. The standard InChI is InChI=1S/C6H11N3OS2/c7-3-5(10)1-2-11-6-8-4-9-12-6/h4-5,10H,1-3,7H2. The maximum Gasteiger partial charge on any atom is 0.169 e. The molecule has 0 bridgehead atoms. The van der Waals surface area contributed by atoms with Crippen molar-refractivity contribution in [1.29, 1.82) is 0 Å². The lowest BCUT2D eigenvalue weighted by atomic mass is 10.3. The van der Waals surface area contributed by atoms with E-state index in [-0.39, 0.29) is 6.10 Å². The van der Waals surface area contributed by atoms with E-state index in [0.717, 1.165) is 10.1 Å². The summed E-state index contributed by atoms with van der Waals surface area (Å²) in [5.74, 6) is 0.841. The van der Waals surface area contributed by atoms with Crippen molar-refractivity contribution in [2.45, 2.75) is 16.9 Å². The highest BCUT2D eigenvalue weighted by Gasteiger charge is 2.02. The molecule has 1 aromatic rings. The zero-order valence-electron chi connectivity index (χ0n) is 6.51. The Bertz CT molecular complexity index is 205. The molecule has 3 N–H and O–H groups in total. The molecule has 0 radical (unpaired) electrons. The second kappa shape index (κ2) is 5.47. The van der Waals surface area contributed by atoms with Gasteiger partial charge < -0.3 is 10.8 Å². The minimum atomic E-state index is -0.384. The van der Waals surface area contributed by atoms with E-state index in [9.17, 15) is 0 Å². The van der Waals surface area contributed by atoms with Gasteiger partial charge in [-0.2, -0.15) is 4.37 Å². The van der Waals surface area contributed by atoms with Crippen LogP contribution in [-0.4, -0.2) is 32.9 Å². The van der Waals surface area contributed by atoms with Crippen molar-refractivity contribution >= 4 is 23.3 Å². The third-order valence-corrected chi connectivity index (χ3v) is 3.12. The van der Waals surface area contributed by atoms with Crippen molar-refractivity contribution in [2.75, 3.05) is 12.3 Å². The molecule has 1 atom stereocenters. The van der Waals surface area contributed by atoms with Gasteiger partial charge in [0.2, 0.25) is 0 Å². The second-order valence-corrected chi connectivity index (χ2v) is 4.36. The normalized spacial score (nSPS) is 13.2. The highest BCUT2D eigenvalue weighted by molar-refractivity contribution is 8.00. The number of aliphatic hydroxyl groups excluding tert-OH is 1. The second-order valence-electron chi connectivity index (χ2n) is 2.23. The van der Waals surface area contributed by atoms with Gasteiger partial charge in [0.15, 0.2) is 4.34 Å². The van der Waals surface area contributed by atoms with Crippen LogP contribution < -0.4 is 5.73 Å². The molecule has 12 heavy (non-hydrogen) atoms. The Hall–Kier alpha value is -0.170. The molecule has 0 spiro atoms. The Morgan fingerprint density at radius 3 is 3.17 bits per heavy atom. The van der Waals surface area contributed by atoms with Crippen molar-refractivity contribution < 1.29 is 5.11 Å². The largest absolute Gasteiger partial charge is 0.392 e. The number of aliphatic hydroxyl groups is 1. The molecule has 6 heteroatoms. The van der Waals surface area contributed by atoms with Crippen LogP contribution in [0.1, 0.15) is 6.42 Å². The van der Waals surface area contributed by atoms with Gasteiger partial charge >= 0.3 is 0 Å². The molecule has 0 aliphatic carbocycles. The Kier molecular flexibility index (Phi) is 4.52. The van der Waals surface area contributed by atoms with Crippen LogP contribution in [0, 0.1) is 0 Å². The van der Waals surface area contributed by atoms with E-state index in [1.54, 1.807) is 11.8 Å². The fraction of sp³-hybridized carbons (Fsp3) is 0.667. The van der Waals surface area contributed by atoms with E-state index in [1.165, 1.54) is 17.9 Å². The van der Waals surface area contributed by atoms with E-state index < -0.39 is 0 Å². The molecule has 4 nitrogen and oxygen atoms in total. The Morgan fingerprint density at radius 2 is 2.58 bits per heavy atom. The SMILES string of the molecule is NCC(O)CCSc1ncns1. The van der Waals surface area contributed by atoms with Gasteiger partial charge in [0.05, 0.1) is 6.10 Å². The van der Waals surface area contributed by atoms with Crippen molar-refractivity contribution in [3.63, 3.8) is 0 Å². The summed E-state index contributed by atoms with van der Waals surface area (Å²) in [5, 5.41) is 9.12.